The first kappa shape index (κ1) is 10.8. The maximum atomic E-state index is 4.56. The van der Waals surface area contributed by atoms with E-state index in [1.54, 1.807) is 0 Å². The lowest BCUT2D eigenvalue weighted by atomic mass is 10.2. The molecule has 5 nitrogen and oxygen atoms in total. The number of hydrogen-bond donors (Lipinski definition) is 2. The number of nitrogens with zero attached hydrogens (tertiary/aromatic N) is 3. The van der Waals surface area contributed by atoms with Crippen LogP contribution in [0.1, 0.15) is 13.3 Å². The molecule has 1 atom stereocenters. The van der Waals surface area contributed by atoms with Gasteiger partial charge < -0.3 is 10.2 Å². The van der Waals surface area contributed by atoms with E-state index in [1.807, 2.05) is 6.33 Å². The summed E-state index contributed by atoms with van der Waals surface area (Å²) in [5.74, 6) is 2.31. The lowest BCUT2D eigenvalue weighted by Crippen LogP contribution is -2.44. The van der Waals surface area contributed by atoms with Crippen LogP contribution in [0.4, 0.5) is 11.6 Å². The van der Waals surface area contributed by atoms with Crippen LogP contribution in [0.3, 0.4) is 0 Å². The van der Waals surface area contributed by atoms with Gasteiger partial charge in [-0.3, -0.25) is 5.32 Å². The van der Waals surface area contributed by atoms with E-state index in [0.717, 1.165) is 45.0 Å². The molecular weight excluding hydrogens is 214 g/mol. The molecule has 1 saturated heterocycles. The third kappa shape index (κ3) is 2.07. The lowest BCUT2D eigenvalue weighted by Gasteiger charge is -2.26. The van der Waals surface area contributed by atoms with Gasteiger partial charge in [0, 0.05) is 26.2 Å². The molecule has 3 heterocycles. The van der Waals surface area contributed by atoms with Crippen molar-refractivity contribution in [2.24, 2.45) is 0 Å². The molecule has 0 radical (unpaired) electrons. The minimum absolute atomic E-state index is 0.565. The molecule has 92 valence electrons. The fourth-order valence-electron chi connectivity index (χ4n) is 2.49. The van der Waals surface area contributed by atoms with E-state index in [-0.39, 0.29) is 0 Å². The molecule has 2 N–H and O–H groups in total. The van der Waals surface area contributed by atoms with Crippen molar-refractivity contribution in [2.75, 3.05) is 36.4 Å². The average molecular weight is 234 g/mol. The number of fused-ring (bicyclic) bond motifs is 1. The highest BCUT2D eigenvalue weighted by molar-refractivity contribution is 5.47. The molecule has 2 aliphatic rings. The molecule has 3 rings (SSSR count). The first-order chi connectivity index (χ1) is 8.36. The van der Waals surface area contributed by atoms with Crippen LogP contribution in [0.5, 0.6) is 0 Å². The summed E-state index contributed by atoms with van der Waals surface area (Å²) in [5, 5.41) is 6.91. The van der Waals surface area contributed by atoms with E-state index < -0.39 is 0 Å². The molecule has 1 unspecified atom stereocenters. The number of aromatic nitrogens is 2. The maximum Gasteiger partial charge on any atom is 0.228 e. The molecule has 5 heteroatoms. The predicted octanol–water partition coefficient (Wildman–Crippen LogP) is -0.0172. The molecule has 17 heavy (non-hydrogen) atoms. The second-order valence-electron chi connectivity index (χ2n) is 4.77. The fraction of sp³-hybridized carbons (Fsp3) is 0.667. The van der Waals surface area contributed by atoms with E-state index >= 15 is 0 Å². The highest BCUT2D eigenvalue weighted by Gasteiger charge is 2.26. The molecule has 0 bridgehead atoms. The zero-order valence-corrected chi connectivity index (χ0v) is 10.3. The van der Waals surface area contributed by atoms with Crippen molar-refractivity contribution in [3.63, 3.8) is 0 Å². The SMILES string of the molecule is CCC1C[n+]2cnc(N3CCNCC3)cc2N1. The Morgan fingerprint density at radius 3 is 3.06 bits per heavy atom. The standard InChI is InChI=1S/C12H19N5/c1-2-10-8-17-9-14-11(7-12(17)15-10)16-5-3-13-4-6-16/h7,9-10,13H,2-6,8H2,1H3/p+1. The van der Waals surface area contributed by atoms with Gasteiger partial charge in [0.05, 0.1) is 6.07 Å². The Hall–Kier alpha value is -1.36. The van der Waals surface area contributed by atoms with Gasteiger partial charge in [-0.1, -0.05) is 11.9 Å². The monoisotopic (exact) mass is 234 g/mol. The molecule has 0 saturated carbocycles. The van der Waals surface area contributed by atoms with Gasteiger partial charge in [-0.15, -0.1) is 0 Å². The van der Waals surface area contributed by atoms with E-state index in [4.69, 9.17) is 0 Å². The van der Waals surface area contributed by atoms with Crippen molar-refractivity contribution >= 4 is 11.6 Å². The summed E-state index contributed by atoms with van der Waals surface area (Å²) in [5.41, 5.74) is 0. The number of anilines is 2. The fourth-order valence-corrected chi connectivity index (χ4v) is 2.49. The molecule has 0 amide bonds. The van der Waals surface area contributed by atoms with Crippen LogP contribution in [-0.4, -0.2) is 37.2 Å². The first-order valence-electron chi connectivity index (χ1n) is 6.48. The molecule has 0 aromatic carbocycles. The smallest absolute Gasteiger partial charge is 0.228 e. The van der Waals surface area contributed by atoms with Crippen LogP contribution in [0, 0.1) is 0 Å². The topological polar surface area (TPSA) is 44.1 Å². The molecule has 0 aliphatic carbocycles. The van der Waals surface area contributed by atoms with Gasteiger partial charge in [0.2, 0.25) is 18.0 Å². The molecule has 1 fully saturated rings. The normalized spacial score (nSPS) is 23.4. The Balaban J connectivity index is 1.80. The van der Waals surface area contributed by atoms with Gasteiger partial charge in [-0.05, 0) is 6.42 Å². The van der Waals surface area contributed by atoms with Gasteiger partial charge in [0.15, 0.2) is 0 Å². The van der Waals surface area contributed by atoms with Crippen LogP contribution < -0.4 is 20.1 Å². The first-order valence-corrected chi connectivity index (χ1v) is 6.48. The zero-order valence-electron chi connectivity index (χ0n) is 10.3. The molecule has 1 aromatic rings. The summed E-state index contributed by atoms with van der Waals surface area (Å²) in [4.78, 5) is 6.91. The Morgan fingerprint density at radius 1 is 1.47 bits per heavy atom. The predicted molar refractivity (Wildman–Crippen MR) is 67.2 cm³/mol. The van der Waals surface area contributed by atoms with E-state index in [0.29, 0.717) is 6.04 Å². The maximum absolute atomic E-state index is 4.56. The highest BCUT2D eigenvalue weighted by atomic mass is 15.3. The second-order valence-corrected chi connectivity index (χ2v) is 4.77. The van der Waals surface area contributed by atoms with Crippen LogP contribution >= 0.6 is 0 Å². The minimum atomic E-state index is 0.565. The van der Waals surface area contributed by atoms with Gasteiger partial charge >= 0.3 is 0 Å². The third-order valence-electron chi connectivity index (χ3n) is 3.61. The summed E-state index contributed by atoms with van der Waals surface area (Å²) < 4.78 is 2.21. The van der Waals surface area contributed by atoms with Crippen LogP contribution in [0.25, 0.3) is 0 Å². The van der Waals surface area contributed by atoms with Crippen molar-refractivity contribution in [2.45, 2.75) is 25.9 Å². The summed E-state index contributed by atoms with van der Waals surface area (Å²) in [6.45, 7) is 7.46. The lowest BCUT2D eigenvalue weighted by molar-refractivity contribution is -0.676. The quantitative estimate of drug-likeness (QED) is 0.706. The Labute approximate surface area is 102 Å². The zero-order chi connectivity index (χ0) is 11.7. The molecule has 0 spiro atoms. The number of piperazine rings is 1. The summed E-state index contributed by atoms with van der Waals surface area (Å²) in [6.07, 6.45) is 3.13. The molecule has 1 aromatic heterocycles. The summed E-state index contributed by atoms with van der Waals surface area (Å²) in [7, 11) is 0. The van der Waals surface area contributed by atoms with Crippen LogP contribution in [0.2, 0.25) is 0 Å². The van der Waals surface area contributed by atoms with Crippen molar-refractivity contribution in [3.05, 3.63) is 12.4 Å². The summed E-state index contributed by atoms with van der Waals surface area (Å²) in [6, 6.07) is 2.75. The number of rotatable bonds is 2. The van der Waals surface area contributed by atoms with E-state index in [1.165, 1.54) is 5.82 Å². The van der Waals surface area contributed by atoms with E-state index in [9.17, 15) is 0 Å². The largest absolute Gasteiger partial charge is 0.340 e. The Morgan fingerprint density at radius 2 is 2.29 bits per heavy atom. The van der Waals surface area contributed by atoms with Gasteiger partial charge in [-0.2, -0.15) is 0 Å². The van der Waals surface area contributed by atoms with Crippen LogP contribution in [-0.2, 0) is 6.54 Å². The Kier molecular flexibility index (Phi) is 2.84. The molecule has 2 aliphatic heterocycles. The third-order valence-corrected chi connectivity index (χ3v) is 3.61. The average Bonchev–Trinajstić information content (AvgIpc) is 2.81. The summed E-state index contributed by atoms with van der Waals surface area (Å²) >= 11 is 0. The van der Waals surface area contributed by atoms with Crippen LogP contribution in [0.15, 0.2) is 12.4 Å². The minimum Gasteiger partial charge on any atom is -0.340 e. The highest BCUT2D eigenvalue weighted by Crippen LogP contribution is 2.18. The second kappa shape index (κ2) is 4.49. The van der Waals surface area contributed by atoms with Gasteiger partial charge in [0.1, 0.15) is 12.6 Å². The number of nitrogens with one attached hydrogen (secondary N) is 2. The van der Waals surface area contributed by atoms with Crippen molar-refractivity contribution in [1.82, 2.24) is 10.3 Å². The van der Waals surface area contributed by atoms with Gasteiger partial charge in [-0.25, -0.2) is 4.57 Å². The van der Waals surface area contributed by atoms with Crippen molar-refractivity contribution < 1.29 is 4.57 Å². The number of hydrogen-bond acceptors (Lipinski definition) is 4. The van der Waals surface area contributed by atoms with Gasteiger partial charge in [0.25, 0.3) is 0 Å². The van der Waals surface area contributed by atoms with Crippen molar-refractivity contribution in [3.8, 4) is 0 Å². The Bertz CT molecular complexity index is 400. The van der Waals surface area contributed by atoms with E-state index in [2.05, 4.69) is 38.1 Å². The molecular formula is C12H20N5+. The van der Waals surface area contributed by atoms with Crippen molar-refractivity contribution in [1.29, 1.82) is 0 Å².